The molecule has 52 heteroatoms. The van der Waals surface area contributed by atoms with Gasteiger partial charge in [-0.05, 0) is 106 Å². The zero-order chi connectivity index (χ0) is 83.6. The van der Waals surface area contributed by atoms with Gasteiger partial charge in [0.15, 0.2) is 0 Å². The van der Waals surface area contributed by atoms with Crippen molar-refractivity contribution in [1.82, 2.24) is 0 Å². The van der Waals surface area contributed by atoms with Crippen molar-refractivity contribution in [2.45, 2.75) is 175 Å². The minimum absolute atomic E-state index is 0.00244. The van der Waals surface area contributed by atoms with Gasteiger partial charge in [0, 0.05) is 42.6 Å². The first kappa shape index (κ1) is 90.2. The molecular formula is C53H30Br2Cl2F44N4. The quantitative estimate of drug-likeness (QED) is 0.118. The zero-order valence-electron chi connectivity index (χ0n) is 49.8. The Morgan fingerprint density at radius 3 is 0.600 bits per heavy atom. The molecule has 0 atom stereocenters. The van der Waals surface area contributed by atoms with Crippen LogP contribution in [0, 0.1) is 20.8 Å². The topological polar surface area (TPSA) is 104 Å². The van der Waals surface area contributed by atoms with Crippen LogP contribution in [0.3, 0.4) is 0 Å². The number of rotatable bonds is 5. The second-order valence-corrected chi connectivity index (χ2v) is 25.6. The molecule has 4 nitrogen and oxygen atoms in total. The van der Waals surface area contributed by atoms with Crippen LogP contribution in [-0.4, -0.2) is 118 Å². The van der Waals surface area contributed by atoms with Gasteiger partial charge >= 0.3 is 118 Å². The minimum Gasteiger partial charge on any atom is -0.398 e. The van der Waals surface area contributed by atoms with Crippen LogP contribution in [0.2, 0.25) is 10.0 Å². The van der Waals surface area contributed by atoms with Crippen LogP contribution in [0.25, 0.3) is 0 Å². The van der Waals surface area contributed by atoms with E-state index >= 15 is 0 Å². The molecule has 0 amide bonds. The highest BCUT2D eigenvalue weighted by Crippen LogP contribution is 2.78. The van der Waals surface area contributed by atoms with Gasteiger partial charge in [0.1, 0.15) is 0 Å². The molecule has 0 unspecified atom stereocenters. The lowest BCUT2D eigenvalue weighted by atomic mass is 9.68. The second-order valence-electron chi connectivity index (χ2n) is 23.1. The molecule has 4 aliphatic carbocycles. The summed E-state index contributed by atoms with van der Waals surface area (Å²) < 4.78 is 603. The molecule has 0 aromatic heterocycles. The summed E-state index contributed by atoms with van der Waals surface area (Å²) in [5.41, 5.74) is -14.9. The van der Waals surface area contributed by atoms with Crippen molar-refractivity contribution in [2.75, 3.05) is 22.9 Å². The van der Waals surface area contributed by atoms with Crippen molar-refractivity contribution in [2.24, 2.45) is 0 Å². The second kappa shape index (κ2) is 24.5. The number of aryl methyl sites for hydroxylation is 4. The molecule has 0 spiro atoms. The Labute approximate surface area is 579 Å². The smallest absolute Gasteiger partial charge is 0.384 e. The van der Waals surface area contributed by atoms with E-state index in [2.05, 4.69) is 31.9 Å². The Morgan fingerprint density at radius 2 is 0.400 bits per heavy atom. The molecule has 4 saturated carbocycles. The fraction of sp³-hybridized carbons (Fsp3) is 0.547. The molecule has 598 valence electrons. The summed E-state index contributed by atoms with van der Waals surface area (Å²) in [5, 5.41) is -2.08. The van der Waals surface area contributed by atoms with Gasteiger partial charge in [0.2, 0.25) is 0 Å². The lowest BCUT2D eigenvalue weighted by Crippen LogP contribution is -2.82. The maximum Gasteiger partial charge on any atom is 0.384 e. The Balaban J connectivity index is 0.000000251. The monoisotopic (exact) mass is 1790 g/mol. The summed E-state index contributed by atoms with van der Waals surface area (Å²) in [7, 11) is 0. The molecule has 0 bridgehead atoms. The van der Waals surface area contributed by atoms with Crippen molar-refractivity contribution in [3.8, 4) is 0 Å². The van der Waals surface area contributed by atoms with Gasteiger partial charge in [-0.2, -0.15) is 176 Å². The first-order chi connectivity index (χ1) is 45.8. The molecular weight excluding hydrogens is 1760 g/mol. The van der Waals surface area contributed by atoms with Crippen molar-refractivity contribution in [3.63, 3.8) is 0 Å². The summed E-state index contributed by atoms with van der Waals surface area (Å²) in [5.74, 6) is -142. The van der Waals surface area contributed by atoms with Crippen molar-refractivity contribution < 1.29 is 193 Å². The molecule has 4 aromatic rings. The Kier molecular flexibility index (Phi) is 21.1. The molecule has 105 heavy (non-hydrogen) atoms. The lowest BCUT2D eigenvalue weighted by molar-refractivity contribution is -0.489. The third-order valence-electron chi connectivity index (χ3n) is 17.0. The first-order valence-corrected chi connectivity index (χ1v) is 28.7. The largest absolute Gasteiger partial charge is 0.398 e. The molecule has 4 aromatic carbocycles. The van der Waals surface area contributed by atoms with Crippen molar-refractivity contribution >= 4 is 77.8 Å². The molecule has 4 fully saturated rings. The van der Waals surface area contributed by atoms with Crippen LogP contribution in [0.15, 0.2) is 57.5 Å². The fourth-order valence-electron chi connectivity index (χ4n) is 10.4. The third kappa shape index (κ3) is 10.2. The zero-order valence-corrected chi connectivity index (χ0v) is 54.5. The van der Waals surface area contributed by atoms with Crippen LogP contribution < -0.4 is 22.9 Å². The summed E-state index contributed by atoms with van der Waals surface area (Å²) in [6.07, 6.45) is -0.198. The van der Waals surface area contributed by atoms with Gasteiger partial charge in [0.25, 0.3) is 22.7 Å². The SMILES string of the molecule is CCc1cc(C2(F)C(F)(F)C(F)(F)C(F)(F)C(F)(F)C2(F)F)cc(C)c1N.Cc1cc(C2(F)C(F)(F)C(F)(F)C(F)(F)C(F)(F)C2(F)F)cc(C)c1N.Nc1c(Br)cc(C2(F)C(F)(F)C(F)(F)C(F)(F)C(F)(F)C2(F)F)cc1Br.Nc1c(Cl)cc(C2(F)C(F)(F)C(F)(F)C(F)(F)C(F)(F)C2(F)F)cc1Cl. The van der Waals surface area contributed by atoms with Gasteiger partial charge < -0.3 is 22.9 Å². The Morgan fingerprint density at radius 1 is 0.238 bits per heavy atom. The average Bonchev–Trinajstić information content (AvgIpc) is 0.680. The van der Waals surface area contributed by atoms with E-state index in [1.165, 1.54) is 6.92 Å². The molecule has 8 N–H and O–H groups in total. The molecule has 0 saturated heterocycles. The van der Waals surface area contributed by atoms with E-state index in [0.717, 1.165) is 20.8 Å². The summed E-state index contributed by atoms with van der Waals surface area (Å²) in [4.78, 5) is 0. The average molecular weight is 1790 g/mol. The molecule has 8 rings (SSSR count). The number of halogens is 48. The van der Waals surface area contributed by atoms with E-state index in [1.54, 1.807) is 0 Å². The van der Waals surface area contributed by atoms with E-state index in [1.807, 2.05) is 0 Å². The van der Waals surface area contributed by atoms with Crippen LogP contribution in [0.1, 0.15) is 51.4 Å². The van der Waals surface area contributed by atoms with Crippen LogP contribution in [0.4, 0.5) is 216 Å². The summed E-state index contributed by atoms with van der Waals surface area (Å²) in [6, 6.07) is 0.0980. The van der Waals surface area contributed by atoms with Crippen molar-refractivity contribution in [1.29, 1.82) is 0 Å². The predicted octanol–water partition coefficient (Wildman–Crippen LogP) is 22.8. The van der Waals surface area contributed by atoms with Gasteiger partial charge in [-0.25, -0.2) is 17.6 Å². The maximum atomic E-state index is 15.0. The van der Waals surface area contributed by atoms with Crippen molar-refractivity contribution in [3.05, 3.63) is 112 Å². The third-order valence-corrected chi connectivity index (χ3v) is 18.9. The predicted molar refractivity (Wildman–Crippen MR) is 283 cm³/mol. The first-order valence-electron chi connectivity index (χ1n) is 26.4. The number of benzene rings is 4. The van der Waals surface area contributed by atoms with E-state index < -0.39 is 194 Å². The maximum absolute atomic E-state index is 15.0. The Bertz CT molecular complexity index is 3590. The Hall–Kier alpha value is -5.46. The number of hydrogen-bond donors (Lipinski definition) is 4. The number of alkyl halides is 44. The number of hydrogen-bond acceptors (Lipinski definition) is 4. The molecule has 0 radical (unpaired) electrons. The van der Waals surface area contributed by atoms with E-state index in [9.17, 15) is 193 Å². The van der Waals surface area contributed by atoms with E-state index in [4.69, 9.17) is 46.1 Å². The van der Waals surface area contributed by atoms with Crippen LogP contribution >= 0.6 is 55.1 Å². The number of nitrogens with two attached hydrogens (primary N) is 4. The molecule has 0 heterocycles. The summed E-state index contributed by atoms with van der Waals surface area (Å²) >= 11 is 15.6. The number of anilines is 4. The standard InChI is InChI=1S/C15H12F11N.C14H10F11N.C12H4Br2F11N.C12H4Cl2F11N/c1-3-7-5-8(4-6(2)9(7)27)10(16)11(17,18)13(21,22)15(25,26)14(23,24)12(10,19)20;1-5-3-7(4-6(2)8(5)26)9(15)10(16,17)12(20,21)14(24,25)13(22,23)11(9,18)19;2*13-4-1-3(2-5(14)6(4)26)7(15)8(16,17)10(20,21)12(24,25)11(22,23)9(7,18)19/h4-5H,3,27H2,1-2H3;3-4H,26H2,1-2H3;2*1-2H,26H2. The highest BCUT2D eigenvalue weighted by atomic mass is 79.9. The highest BCUT2D eigenvalue weighted by molar-refractivity contribution is 9.11. The number of nitrogen functional groups attached to an aromatic ring is 4. The summed E-state index contributed by atoms with van der Waals surface area (Å²) in [6.45, 7) is 4.23. The van der Waals surface area contributed by atoms with E-state index in [-0.39, 0.29) is 88.6 Å². The van der Waals surface area contributed by atoms with Crippen LogP contribution in [0.5, 0.6) is 0 Å². The highest BCUT2D eigenvalue weighted by Gasteiger charge is 3.05. The normalized spacial score (nSPS) is 27.0. The van der Waals surface area contributed by atoms with Gasteiger partial charge in [-0.15, -0.1) is 0 Å². The van der Waals surface area contributed by atoms with Gasteiger partial charge in [-0.1, -0.05) is 54.4 Å². The van der Waals surface area contributed by atoms with E-state index in [0.29, 0.717) is 0 Å². The minimum atomic E-state index is -7.29. The van der Waals surface area contributed by atoms with Gasteiger partial charge in [0.05, 0.1) is 21.4 Å². The van der Waals surface area contributed by atoms with Gasteiger partial charge in [-0.3, -0.25) is 0 Å². The molecule has 0 aliphatic heterocycles. The van der Waals surface area contributed by atoms with Crippen LogP contribution in [-0.2, 0) is 29.1 Å². The lowest BCUT2D eigenvalue weighted by Gasteiger charge is -2.52. The molecule has 4 aliphatic rings. The fourth-order valence-corrected chi connectivity index (χ4v) is 12.1.